The largest absolute Gasteiger partial charge is 0.516 e. The summed E-state index contributed by atoms with van der Waals surface area (Å²) in [5.74, 6) is -0.892. The second-order valence-electron chi connectivity index (χ2n) is 7.30. The van der Waals surface area contributed by atoms with E-state index >= 15 is 0 Å². The molecule has 0 aromatic heterocycles. The molecule has 0 spiro atoms. The number of esters is 1. The molecule has 5 heteroatoms. The zero-order valence-electron chi connectivity index (χ0n) is 16.1. The van der Waals surface area contributed by atoms with Crippen LogP contribution in [0.25, 0.3) is 0 Å². The summed E-state index contributed by atoms with van der Waals surface area (Å²) in [6.07, 6.45) is 8.17. The molecule has 1 aromatic carbocycles. The molecule has 0 unspecified atom stereocenters. The van der Waals surface area contributed by atoms with Gasteiger partial charge in [0.1, 0.15) is 0 Å². The molecule has 1 aromatic rings. The van der Waals surface area contributed by atoms with Crippen LogP contribution < -0.4 is 0 Å². The van der Waals surface area contributed by atoms with Crippen molar-refractivity contribution < 1.29 is 18.8 Å². The fourth-order valence-corrected chi connectivity index (χ4v) is 3.14. The van der Waals surface area contributed by atoms with E-state index in [1.165, 1.54) is 32.1 Å². The van der Waals surface area contributed by atoms with E-state index in [9.17, 15) is 9.59 Å². The van der Waals surface area contributed by atoms with Gasteiger partial charge in [-0.15, -0.1) is 0 Å². The van der Waals surface area contributed by atoms with Gasteiger partial charge >= 0.3 is 11.9 Å². The lowest BCUT2D eigenvalue weighted by Gasteiger charge is -2.18. The van der Waals surface area contributed by atoms with Crippen molar-refractivity contribution in [2.24, 2.45) is 0 Å². The number of carbonyl (C=O) groups excluding carboxylic acids is 2. The Hall–Kier alpha value is -1.62. The highest BCUT2D eigenvalue weighted by atomic mass is 28.4. The van der Waals surface area contributed by atoms with Crippen molar-refractivity contribution in [3.63, 3.8) is 0 Å². The van der Waals surface area contributed by atoms with Gasteiger partial charge in [0.25, 0.3) is 0 Å². The molecule has 0 N–H and O–H groups in total. The SMILES string of the molecule is CCCCCCCCCOC(=O)c1ccccc1C(=O)O[Si](C)(C)C. The molecule has 4 nitrogen and oxygen atoms in total. The molecule has 0 saturated heterocycles. The van der Waals surface area contributed by atoms with Crippen molar-refractivity contribution in [1.29, 1.82) is 0 Å². The summed E-state index contributed by atoms with van der Waals surface area (Å²) < 4.78 is 10.8. The zero-order chi connectivity index (χ0) is 18.7. The summed E-state index contributed by atoms with van der Waals surface area (Å²) in [6, 6.07) is 6.70. The van der Waals surface area contributed by atoms with Crippen molar-refractivity contribution in [1.82, 2.24) is 0 Å². The van der Waals surface area contributed by atoms with Gasteiger partial charge in [0.2, 0.25) is 8.32 Å². The van der Waals surface area contributed by atoms with Gasteiger partial charge in [-0.2, -0.15) is 0 Å². The second kappa shape index (κ2) is 11.1. The van der Waals surface area contributed by atoms with E-state index in [-0.39, 0.29) is 11.1 Å². The van der Waals surface area contributed by atoms with Crippen LogP contribution in [0.4, 0.5) is 0 Å². The Labute approximate surface area is 153 Å². The third-order valence-corrected chi connectivity index (χ3v) is 4.54. The molecule has 1 rings (SSSR count). The summed E-state index contributed by atoms with van der Waals surface area (Å²) in [6.45, 7) is 8.41. The highest BCUT2D eigenvalue weighted by molar-refractivity contribution is 6.71. The van der Waals surface area contributed by atoms with E-state index in [0.29, 0.717) is 6.61 Å². The molecular formula is C20H32O4Si. The van der Waals surface area contributed by atoms with Crippen LogP contribution in [0.3, 0.4) is 0 Å². The van der Waals surface area contributed by atoms with Gasteiger partial charge in [0.05, 0.1) is 17.7 Å². The Kier molecular flexibility index (Phi) is 9.49. The maximum atomic E-state index is 12.3. The molecule has 0 heterocycles. The van der Waals surface area contributed by atoms with Crippen LogP contribution in [-0.4, -0.2) is 26.9 Å². The lowest BCUT2D eigenvalue weighted by Crippen LogP contribution is -2.30. The Balaban J connectivity index is 2.47. The van der Waals surface area contributed by atoms with E-state index in [2.05, 4.69) is 6.92 Å². The molecule has 0 saturated carbocycles. The molecule has 0 aliphatic heterocycles. The monoisotopic (exact) mass is 364 g/mol. The first-order valence-corrected chi connectivity index (χ1v) is 12.8. The van der Waals surface area contributed by atoms with Crippen LogP contribution in [-0.2, 0) is 9.16 Å². The van der Waals surface area contributed by atoms with Crippen molar-refractivity contribution in [2.45, 2.75) is 71.5 Å². The molecule has 140 valence electrons. The number of hydrogen-bond acceptors (Lipinski definition) is 4. The summed E-state index contributed by atoms with van der Waals surface area (Å²) in [7, 11) is -2.01. The maximum Gasteiger partial charge on any atom is 0.339 e. The first-order valence-electron chi connectivity index (χ1n) is 9.34. The van der Waals surface area contributed by atoms with E-state index in [0.717, 1.165) is 12.8 Å². The number of carbonyl (C=O) groups is 2. The van der Waals surface area contributed by atoms with Gasteiger partial charge in [-0.05, 0) is 38.2 Å². The van der Waals surface area contributed by atoms with Crippen molar-refractivity contribution >= 4 is 20.3 Å². The van der Waals surface area contributed by atoms with Crippen LogP contribution >= 0.6 is 0 Å². The average Bonchev–Trinajstić information content (AvgIpc) is 2.55. The lowest BCUT2D eigenvalue weighted by atomic mass is 10.1. The zero-order valence-corrected chi connectivity index (χ0v) is 17.1. The Morgan fingerprint density at radius 1 is 0.840 bits per heavy atom. The minimum atomic E-state index is -2.01. The molecular weight excluding hydrogens is 332 g/mol. The van der Waals surface area contributed by atoms with Gasteiger partial charge in [-0.3, -0.25) is 0 Å². The second-order valence-corrected chi connectivity index (χ2v) is 11.7. The third kappa shape index (κ3) is 8.86. The highest BCUT2D eigenvalue weighted by Crippen LogP contribution is 2.15. The molecule has 0 aliphatic rings. The normalized spacial score (nSPS) is 11.2. The predicted molar refractivity (Wildman–Crippen MR) is 103 cm³/mol. The van der Waals surface area contributed by atoms with E-state index in [1.54, 1.807) is 24.3 Å². The topological polar surface area (TPSA) is 52.6 Å². The Morgan fingerprint density at radius 2 is 1.36 bits per heavy atom. The fraction of sp³-hybridized carbons (Fsp3) is 0.600. The van der Waals surface area contributed by atoms with Crippen molar-refractivity contribution in [3.8, 4) is 0 Å². The third-order valence-electron chi connectivity index (χ3n) is 3.75. The van der Waals surface area contributed by atoms with Gasteiger partial charge in [0, 0.05) is 0 Å². The molecule has 0 fully saturated rings. The summed E-state index contributed by atoms with van der Waals surface area (Å²) in [5, 5.41) is 0. The molecule has 0 amide bonds. The van der Waals surface area contributed by atoms with Gasteiger partial charge in [-0.25, -0.2) is 9.59 Å². The summed E-state index contributed by atoms with van der Waals surface area (Å²) in [5.41, 5.74) is 0.572. The first kappa shape index (κ1) is 21.4. The standard InChI is InChI=1S/C20H32O4Si/c1-5-6-7-8-9-10-13-16-23-19(21)17-14-11-12-15-18(17)20(22)24-25(2,3)4/h11-12,14-15H,5-10,13,16H2,1-4H3. The molecule has 0 aliphatic carbocycles. The molecule has 0 radical (unpaired) electrons. The predicted octanol–water partition coefficient (Wildman–Crippen LogP) is 5.59. The van der Waals surface area contributed by atoms with E-state index in [4.69, 9.17) is 9.16 Å². The summed E-state index contributed by atoms with van der Waals surface area (Å²) in [4.78, 5) is 24.6. The minimum absolute atomic E-state index is 0.286. The number of rotatable bonds is 11. The average molecular weight is 365 g/mol. The van der Waals surface area contributed by atoms with Crippen LogP contribution in [0.1, 0.15) is 72.6 Å². The van der Waals surface area contributed by atoms with Crippen LogP contribution in [0.5, 0.6) is 0 Å². The Morgan fingerprint density at radius 3 is 1.92 bits per heavy atom. The number of ether oxygens (including phenoxy) is 1. The van der Waals surface area contributed by atoms with Crippen LogP contribution in [0.2, 0.25) is 19.6 Å². The van der Waals surface area contributed by atoms with Crippen molar-refractivity contribution in [3.05, 3.63) is 35.4 Å². The van der Waals surface area contributed by atoms with E-state index in [1.807, 2.05) is 19.6 Å². The first-order chi connectivity index (χ1) is 11.8. The van der Waals surface area contributed by atoms with Gasteiger partial charge < -0.3 is 9.16 Å². The van der Waals surface area contributed by atoms with Gasteiger partial charge in [-0.1, -0.05) is 57.6 Å². The Bertz CT molecular complexity index is 549. The lowest BCUT2D eigenvalue weighted by molar-refractivity contribution is 0.0489. The number of unbranched alkanes of at least 4 members (excludes halogenated alkanes) is 6. The summed E-state index contributed by atoms with van der Waals surface area (Å²) >= 11 is 0. The molecule has 25 heavy (non-hydrogen) atoms. The molecule has 0 atom stereocenters. The maximum absolute atomic E-state index is 12.3. The van der Waals surface area contributed by atoms with Gasteiger partial charge in [0.15, 0.2) is 0 Å². The number of benzene rings is 1. The van der Waals surface area contributed by atoms with Crippen molar-refractivity contribution in [2.75, 3.05) is 6.61 Å². The van der Waals surface area contributed by atoms with E-state index < -0.39 is 20.3 Å². The quantitative estimate of drug-likeness (QED) is 0.292. The minimum Gasteiger partial charge on any atom is -0.516 e. The van der Waals surface area contributed by atoms with Crippen LogP contribution in [0.15, 0.2) is 24.3 Å². The number of hydrogen-bond donors (Lipinski definition) is 0. The fourth-order valence-electron chi connectivity index (χ4n) is 2.47. The smallest absolute Gasteiger partial charge is 0.339 e. The highest BCUT2D eigenvalue weighted by Gasteiger charge is 2.24. The van der Waals surface area contributed by atoms with Crippen LogP contribution in [0, 0.1) is 0 Å². The molecule has 0 bridgehead atoms.